The lowest BCUT2D eigenvalue weighted by Crippen LogP contribution is -2.44. The molecule has 0 fully saturated rings. The average Bonchev–Trinajstić information content (AvgIpc) is 2.90. The minimum atomic E-state index is 0.562. The van der Waals surface area contributed by atoms with Crippen molar-refractivity contribution in [1.82, 2.24) is 0 Å². The molecule has 0 amide bonds. The van der Waals surface area contributed by atoms with Gasteiger partial charge in [0, 0.05) is 35.5 Å². The monoisotopic (exact) mass is 529 g/mol. The van der Waals surface area contributed by atoms with E-state index in [1.54, 1.807) is 0 Å². The molecule has 0 aliphatic rings. The highest BCUT2D eigenvalue weighted by Gasteiger charge is 2.27. The van der Waals surface area contributed by atoms with Gasteiger partial charge in [-0.1, -0.05) is 82.1 Å². The van der Waals surface area contributed by atoms with E-state index in [1.807, 2.05) is 0 Å². The Kier molecular flexibility index (Phi) is 16.7. The quantitative estimate of drug-likeness (QED) is 0.166. The van der Waals surface area contributed by atoms with Gasteiger partial charge in [-0.25, -0.2) is 0 Å². The van der Waals surface area contributed by atoms with Crippen LogP contribution >= 0.6 is 0 Å². The lowest BCUT2D eigenvalue weighted by molar-refractivity contribution is 0.383. The predicted octanol–water partition coefficient (Wildman–Crippen LogP) is 11.4. The molecule has 222 valence electrons. The SMILES string of the molecule is CCC(C)CC(CC)N(c1ccc(N(C(C)CCC(C)C)C(CC)CC(C)CC)cc1)C(C)CCC(C)C. The molecule has 1 aromatic carbocycles. The molecule has 2 heteroatoms. The molecule has 6 unspecified atom stereocenters. The molecule has 0 aromatic heterocycles. The molecule has 0 bridgehead atoms. The fraction of sp³-hybridized carbons (Fsp3) is 0.833. The zero-order valence-electron chi connectivity index (χ0n) is 27.9. The molecule has 1 aromatic rings. The van der Waals surface area contributed by atoms with Gasteiger partial charge in [-0.3, -0.25) is 0 Å². The maximum absolute atomic E-state index is 2.79. The van der Waals surface area contributed by atoms with Crippen molar-refractivity contribution in [3.8, 4) is 0 Å². The molecule has 0 saturated carbocycles. The second-order valence-electron chi connectivity index (χ2n) is 13.6. The van der Waals surface area contributed by atoms with Crippen molar-refractivity contribution in [3.05, 3.63) is 24.3 Å². The molecule has 0 saturated heterocycles. The van der Waals surface area contributed by atoms with E-state index in [1.165, 1.54) is 75.6 Å². The van der Waals surface area contributed by atoms with Crippen LogP contribution in [0.5, 0.6) is 0 Å². The lowest BCUT2D eigenvalue weighted by atomic mass is 9.93. The van der Waals surface area contributed by atoms with Gasteiger partial charge in [0.05, 0.1) is 0 Å². The summed E-state index contributed by atoms with van der Waals surface area (Å²) in [6, 6.07) is 12.2. The number of anilines is 2. The molecule has 38 heavy (non-hydrogen) atoms. The van der Waals surface area contributed by atoms with Crippen LogP contribution in [0.25, 0.3) is 0 Å². The summed E-state index contributed by atoms with van der Waals surface area (Å²) >= 11 is 0. The van der Waals surface area contributed by atoms with E-state index in [4.69, 9.17) is 0 Å². The molecule has 2 nitrogen and oxygen atoms in total. The van der Waals surface area contributed by atoms with Gasteiger partial charge in [0.25, 0.3) is 0 Å². The minimum Gasteiger partial charge on any atom is -0.366 e. The molecule has 0 aliphatic heterocycles. The van der Waals surface area contributed by atoms with Gasteiger partial charge in [0.15, 0.2) is 0 Å². The van der Waals surface area contributed by atoms with Crippen LogP contribution in [-0.2, 0) is 0 Å². The first-order valence-corrected chi connectivity index (χ1v) is 16.6. The number of nitrogens with zero attached hydrogens (tertiary/aromatic N) is 2. The summed E-state index contributed by atoms with van der Waals surface area (Å²) in [5, 5.41) is 0. The molecule has 0 radical (unpaired) electrons. The van der Waals surface area contributed by atoms with Gasteiger partial charge >= 0.3 is 0 Å². The first-order valence-electron chi connectivity index (χ1n) is 16.6. The average molecular weight is 529 g/mol. The molecule has 0 N–H and O–H groups in total. The lowest BCUT2D eigenvalue weighted by Gasteiger charge is -2.42. The molecule has 0 spiro atoms. The Morgan fingerprint density at radius 2 is 0.789 bits per heavy atom. The van der Waals surface area contributed by atoms with Crippen LogP contribution in [0.4, 0.5) is 11.4 Å². The molecular weight excluding hydrogens is 460 g/mol. The van der Waals surface area contributed by atoms with Gasteiger partial charge in [-0.15, -0.1) is 0 Å². The Morgan fingerprint density at radius 3 is 1.03 bits per heavy atom. The first-order chi connectivity index (χ1) is 18.0. The summed E-state index contributed by atoms with van der Waals surface area (Å²) in [5.41, 5.74) is 2.84. The van der Waals surface area contributed by atoms with Crippen molar-refractivity contribution in [2.45, 2.75) is 171 Å². The molecule has 0 heterocycles. The fourth-order valence-electron chi connectivity index (χ4n) is 6.09. The van der Waals surface area contributed by atoms with Crippen molar-refractivity contribution in [3.63, 3.8) is 0 Å². The topological polar surface area (TPSA) is 6.48 Å². The van der Waals surface area contributed by atoms with Crippen molar-refractivity contribution in [2.24, 2.45) is 23.7 Å². The van der Waals surface area contributed by atoms with Crippen LogP contribution in [0.3, 0.4) is 0 Å². The molecular formula is C36H68N2. The highest BCUT2D eigenvalue weighted by Crippen LogP contribution is 2.33. The maximum atomic E-state index is 2.79. The Labute approximate surface area is 240 Å². The zero-order chi connectivity index (χ0) is 28.8. The van der Waals surface area contributed by atoms with E-state index in [9.17, 15) is 0 Å². The van der Waals surface area contributed by atoms with E-state index < -0.39 is 0 Å². The Morgan fingerprint density at radius 1 is 0.474 bits per heavy atom. The number of benzene rings is 1. The van der Waals surface area contributed by atoms with Crippen LogP contribution in [0.15, 0.2) is 24.3 Å². The third-order valence-electron chi connectivity index (χ3n) is 9.19. The van der Waals surface area contributed by atoms with Crippen molar-refractivity contribution >= 4 is 11.4 Å². The summed E-state index contributed by atoms with van der Waals surface area (Å²) in [6.07, 6.45) is 12.6. The Hall–Kier alpha value is -1.18. The number of hydrogen-bond donors (Lipinski definition) is 0. The number of hydrogen-bond acceptors (Lipinski definition) is 2. The third-order valence-corrected chi connectivity index (χ3v) is 9.19. The van der Waals surface area contributed by atoms with Gasteiger partial charge in [-0.2, -0.15) is 0 Å². The van der Waals surface area contributed by atoms with Crippen LogP contribution < -0.4 is 9.80 Å². The van der Waals surface area contributed by atoms with Gasteiger partial charge in [-0.05, 0) is 113 Å². The van der Waals surface area contributed by atoms with E-state index >= 15 is 0 Å². The second-order valence-corrected chi connectivity index (χ2v) is 13.6. The molecule has 1 rings (SSSR count). The first kappa shape index (κ1) is 34.8. The largest absolute Gasteiger partial charge is 0.366 e. The maximum Gasteiger partial charge on any atom is 0.0372 e. The Bertz CT molecular complexity index is 648. The van der Waals surface area contributed by atoms with Crippen molar-refractivity contribution < 1.29 is 0 Å². The molecule has 0 aliphatic carbocycles. The van der Waals surface area contributed by atoms with Crippen LogP contribution in [-0.4, -0.2) is 24.2 Å². The summed E-state index contributed by atoms with van der Waals surface area (Å²) < 4.78 is 0. The van der Waals surface area contributed by atoms with Crippen LogP contribution in [0, 0.1) is 23.7 Å². The van der Waals surface area contributed by atoms with E-state index in [0.29, 0.717) is 24.2 Å². The standard InChI is InChI=1S/C36H68N2/c1-13-29(9)25-33(15-3)37(31(11)19-17-27(5)6)35-21-23-36(24-22-35)38(32(12)20-18-28(7)8)34(16-4)26-30(10)14-2/h21-24,27-34H,13-20,25-26H2,1-12H3. The van der Waals surface area contributed by atoms with Gasteiger partial charge in [0.1, 0.15) is 0 Å². The summed E-state index contributed by atoms with van der Waals surface area (Å²) in [5.74, 6) is 3.05. The van der Waals surface area contributed by atoms with Crippen LogP contribution in [0.2, 0.25) is 0 Å². The van der Waals surface area contributed by atoms with Gasteiger partial charge in [0.2, 0.25) is 0 Å². The highest BCUT2D eigenvalue weighted by molar-refractivity contribution is 5.58. The predicted molar refractivity (Wildman–Crippen MR) is 175 cm³/mol. The van der Waals surface area contributed by atoms with E-state index in [0.717, 1.165) is 23.7 Å². The third kappa shape index (κ3) is 11.5. The zero-order valence-corrected chi connectivity index (χ0v) is 27.9. The summed E-state index contributed by atoms with van der Waals surface area (Å²) in [7, 11) is 0. The summed E-state index contributed by atoms with van der Waals surface area (Å²) in [4.78, 5) is 5.59. The van der Waals surface area contributed by atoms with Crippen LogP contribution in [0.1, 0.15) is 147 Å². The fourth-order valence-corrected chi connectivity index (χ4v) is 6.09. The summed E-state index contributed by atoms with van der Waals surface area (Å²) in [6.45, 7) is 28.7. The van der Waals surface area contributed by atoms with E-state index in [2.05, 4.69) is 117 Å². The van der Waals surface area contributed by atoms with E-state index in [-0.39, 0.29) is 0 Å². The Balaban J connectivity index is 3.39. The minimum absolute atomic E-state index is 0.562. The molecule has 6 atom stereocenters. The van der Waals surface area contributed by atoms with Crippen molar-refractivity contribution in [2.75, 3.05) is 9.80 Å². The number of rotatable bonds is 20. The van der Waals surface area contributed by atoms with Crippen molar-refractivity contribution in [1.29, 1.82) is 0 Å². The smallest absolute Gasteiger partial charge is 0.0372 e. The highest BCUT2D eigenvalue weighted by atomic mass is 15.2. The normalized spacial score (nSPS) is 16.8. The second kappa shape index (κ2) is 18.2. The van der Waals surface area contributed by atoms with Gasteiger partial charge < -0.3 is 9.80 Å².